The van der Waals surface area contributed by atoms with Crippen molar-refractivity contribution in [1.82, 2.24) is 9.78 Å². The van der Waals surface area contributed by atoms with Crippen LogP contribution in [0.2, 0.25) is 0 Å². The molecule has 2 heterocycles. The van der Waals surface area contributed by atoms with Crippen molar-refractivity contribution in [2.45, 2.75) is 26.0 Å². The van der Waals surface area contributed by atoms with Crippen LogP contribution < -0.4 is 4.74 Å². The molecule has 0 radical (unpaired) electrons. The van der Waals surface area contributed by atoms with Crippen molar-refractivity contribution in [2.24, 2.45) is 0 Å². The molecule has 20 heavy (non-hydrogen) atoms. The number of carboxylic acid groups (broad SMARTS) is 1. The third-order valence-electron chi connectivity index (χ3n) is 3.47. The fourth-order valence-electron chi connectivity index (χ4n) is 2.42. The lowest BCUT2D eigenvalue weighted by Gasteiger charge is -2.12. The van der Waals surface area contributed by atoms with E-state index in [0.29, 0.717) is 24.4 Å². The number of carboxylic acids is 1. The summed E-state index contributed by atoms with van der Waals surface area (Å²) in [4.78, 5) is 11.0. The number of rotatable bonds is 3. The highest BCUT2D eigenvalue weighted by molar-refractivity contribution is 5.88. The van der Waals surface area contributed by atoms with Crippen molar-refractivity contribution in [3.8, 4) is 5.75 Å². The van der Waals surface area contributed by atoms with Crippen molar-refractivity contribution in [2.75, 3.05) is 0 Å². The Kier molecular flexibility index (Phi) is 2.93. The van der Waals surface area contributed by atoms with Crippen molar-refractivity contribution in [3.63, 3.8) is 0 Å². The molecule has 1 aliphatic rings. The van der Waals surface area contributed by atoms with Gasteiger partial charge < -0.3 is 9.84 Å². The minimum atomic E-state index is -0.994. The zero-order valence-corrected chi connectivity index (χ0v) is 10.8. The van der Waals surface area contributed by atoms with Crippen LogP contribution >= 0.6 is 0 Å². The number of ether oxygens (including phenoxy) is 1. The van der Waals surface area contributed by atoms with E-state index >= 15 is 0 Å². The number of aromatic carboxylic acids is 1. The third-order valence-corrected chi connectivity index (χ3v) is 3.47. The first-order chi connectivity index (χ1) is 9.54. The van der Waals surface area contributed by atoms with Crippen LogP contribution in [0.5, 0.6) is 5.75 Å². The lowest BCUT2D eigenvalue weighted by Crippen LogP contribution is -2.22. The monoisotopic (exact) mass is 276 g/mol. The highest BCUT2D eigenvalue weighted by Crippen LogP contribution is 2.30. The fraction of sp³-hybridized carbons (Fsp3) is 0.286. The van der Waals surface area contributed by atoms with Crippen molar-refractivity contribution in [1.29, 1.82) is 0 Å². The van der Waals surface area contributed by atoms with Crippen LogP contribution in [0.15, 0.2) is 24.4 Å². The van der Waals surface area contributed by atoms with E-state index in [4.69, 9.17) is 9.84 Å². The summed E-state index contributed by atoms with van der Waals surface area (Å²) in [6, 6.07) is 4.44. The molecule has 2 aromatic rings. The molecule has 1 aliphatic heterocycles. The number of benzene rings is 1. The van der Waals surface area contributed by atoms with Gasteiger partial charge in [0.1, 0.15) is 23.2 Å². The number of hydrogen-bond acceptors (Lipinski definition) is 3. The molecule has 0 saturated carbocycles. The van der Waals surface area contributed by atoms with Gasteiger partial charge in [0.25, 0.3) is 0 Å². The van der Waals surface area contributed by atoms with E-state index in [-0.39, 0.29) is 17.5 Å². The lowest BCUT2D eigenvalue weighted by molar-refractivity contribution is 0.0695. The maximum Gasteiger partial charge on any atom is 0.339 e. The Bertz CT molecular complexity index is 681. The highest BCUT2D eigenvalue weighted by atomic mass is 19.1. The predicted molar refractivity (Wildman–Crippen MR) is 68.4 cm³/mol. The number of aromatic nitrogens is 2. The first-order valence-corrected chi connectivity index (χ1v) is 6.25. The fourth-order valence-corrected chi connectivity index (χ4v) is 2.42. The average Bonchev–Trinajstić information content (AvgIpc) is 2.93. The molecule has 0 spiro atoms. The summed E-state index contributed by atoms with van der Waals surface area (Å²) in [7, 11) is 0. The Labute approximate surface area is 114 Å². The SMILES string of the molecule is Cc1c(C(=O)O)cnn1CC1Cc2cc(F)ccc2O1. The molecule has 1 aromatic heterocycles. The number of nitrogens with zero attached hydrogens (tertiary/aromatic N) is 2. The Morgan fingerprint density at radius 2 is 2.40 bits per heavy atom. The minimum absolute atomic E-state index is 0.160. The summed E-state index contributed by atoms with van der Waals surface area (Å²) in [5, 5.41) is 13.0. The molecule has 0 amide bonds. The first kappa shape index (κ1) is 12.7. The zero-order chi connectivity index (χ0) is 14.3. The van der Waals surface area contributed by atoms with Crippen LogP contribution in [-0.4, -0.2) is 27.0 Å². The van der Waals surface area contributed by atoms with Crippen LogP contribution in [0.1, 0.15) is 21.6 Å². The molecule has 1 atom stereocenters. The summed E-state index contributed by atoms with van der Waals surface area (Å²) in [6.45, 7) is 2.15. The molecule has 0 aliphatic carbocycles. The largest absolute Gasteiger partial charge is 0.488 e. The maximum absolute atomic E-state index is 13.1. The number of fused-ring (bicyclic) bond motifs is 1. The number of carbonyl (C=O) groups is 1. The zero-order valence-electron chi connectivity index (χ0n) is 10.8. The molecule has 0 fully saturated rings. The molecule has 0 bridgehead atoms. The Morgan fingerprint density at radius 1 is 1.60 bits per heavy atom. The molecule has 0 saturated heterocycles. The summed E-state index contributed by atoms with van der Waals surface area (Å²) in [5.41, 5.74) is 1.60. The smallest absolute Gasteiger partial charge is 0.339 e. The van der Waals surface area contributed by atoms with E-state index in [1.807, 2.05) is 0 Å². The van der Waals surface area contributed by atoms with Gasteiger partial charge in [0, 0.05) is 17.7 Å². The maximum atomic E-state index is 13.1. The van der Waals surface area contributed by atoms with Crippen LogP contribution in [0.25, 0.3) is 0 Å². The molecule has 3 rings (SSSR count). The van der Waals surface area contributed by atoms with Crippen molar-refractivity contribution < 1.29 is 19.0 Å². The Balaban J connectivity index is 1.76. The van der Waals surface area contributed by atoms with Crippen LogP contribution in [-0.2, 0) is 13.0 Å². The molecular weight excluding hydrogens is 263 g/mol. The number of hydrogen-bond donors (Lipinski definition) is 1. The molecule has 1 unspecified atom stereocenters. The van der Waals surface area contributed by atoms with Gasteiger partial charge in [-0.15, -0.1) is 0 Å². The normalized spacial score (nSPS) is 16.8. The molecular formula is C14H13FN2O3. The van der Waals surface area contributed by atoms with Gasteiger partial charge in [-0.1, -0.05) is 0 Å². The van der Waals surface area contributed by atoms with Gasteiger partial charge in [-0.2, -0.15) is 5.10 Å². The van der Waals surface area contributed by atoms with Gasteiger partial charge in [-0.3, -0.25) is 4.68 Å². The Morgan fingerprint density at radius 3 is 3.10 bits per heavy atom. The van der Waals surface area contributed by atoms with Gasteiger partial charge in [-0.05, 0) is 25.1 Å². The highest BCUT2D eigenvalue weighted by Gasteiger charge is 2.25. The number of halogens is 1. The van der Waals surface area contributed by atoms with Gasteiger partial charge >= 0.3 is 5.97 Å². The lowest BCUT2D eigenvalue weighted by atomic mass is 10.1. The summed E-state index contributed by atoms with van der Waals surface area (Å²) < 4.78 is 20.5. The van der Waals surface area contributed by atoms with Gasteiger partial charge in [-0.25, -0.2) is 9.18 Å². The van der Waals surface area contributed by atoms with Crippen LogP contribution in [0.4, 0.5) is 4.39 Å². The molecule has 6 heteroatoms. The van der Waals surface area contributed by atoms with Crippen molar-refractivity contribution in [3.05, 3.63) is 47.0 Å². The first-order valence-electron chi connectivity index (χ1n) is 6.25. The van der Waals surface area contributed by atoms with Gasteiger partial charge in [0.15, 0.2) is 0 Å². The van der Waals surface area contributed by atoms with Crippen LogP contribution in [0.3, 0.4) is 0 Å². The van der Waals surface area contributed by atoms with Gasteiger partial charge in [0.2, 0.25) is 0 Å². The topological polar surface area (TPSA) is 64.3 Å². The molecule has 1 aromatic carbocycles. The second kappa shape index (κ2) is 4.63. The summed E-state index contributed by atoms with van der Waals surface area (Å²) >= 11 is 0. The summed E-state index contributed by atoms with van der Waals surface area (Å²) in [5.74, 6) is -0.595. The Hall–Kier alpha value is -2.37. The quantitative estimate of drug-likeness (QED) is 0.931. The van der Waals surface area contributed by atoms with Crippen molar-refractivity contribution >= 4 is 5.97 Å². The summed E-state index contributed by atoms with van der Waals surface area (Å²) in [6.07, 6.45) is 1.76. The molecule has 5 nitrogen and oxygen atoms in total. The van der Waals surface area contributed by atoms with Crippen LogP contribution in [0, 0.1) is 12.7 Å². The van der Waals surface area contributed by atoms with E-state index in [1.54, 1.807) is 17.7 Å². The predicted octanol–water partition coefficient (Wildman–Crippen LogP) is 2.03. The van der Waals surface area contributed by atoms with E-state index in [1.165, 1.54) is 18.3 Å². The minimum Gasteiger partial charge on any atom is -0.488 e. The van der Waals surface area contributed by atoms with E-state index in [9.17, 15) is 9.18 Å². The van der Waals surface area contributed by atoms with E-state index < -0.39 is 5.97 Å². The second-order valence-corrected chi connectivity index (χ2v) is 4.83. The standard InChI is InChI=1S/C14H13FN2O3/c1-8-12(14(18)19)6-16-17(8)7-11-5-9-4-10(15)2-3-13(9)20-11/h2-4,6,11H,5,7H2,1H3,(H,18,19). The third kappa shape index (κ3) is 2.13. The average molecular weight is 276 g/mol. The molecule has 104 valence electrons. The van der Waals surface area contributed by atoms with Gasteiger partial charge in [0.05, 0.1) is 12.7 Å². The second-order valence-electron chi connectivity index (χ2n) is 4.83. The molecule has 1 N–H and O–H groups in total. The van der Waals surface area contributed by atoms with E-state index in [2.05, 4.69) is 5.10 Å². The van der Waals surface area contributed by atoms with E-state index in [0.717, 1.165) is 5.56 Å².